The van der Waals surface area contributed by atoms with Crippen molar-refractivity contribution in [2.75, 3.05) is 18.4 Å². The molecule has 1 atom stereocenters. The number of likely N-dealkylation sites (tertiary alicyclic amines) is 1. The Morgan fingerprint density at radius 3 is 2.96 bits per heavy atom. The van der Waals surface area contributed by atoms with E-state index in [9.17, 15) is 4.79 Å². The van der Waals surface area contributed by atoms with Gasteiger partial charge in [-0.15, -0.1) is 11.3 Å². The molecule has 0 spiro atoms. The molecular weight excluding hydrogens is 368 g/mol. The third kappa shape index (κ3) is 4.39. The first kappa shape index (κ1) is 18.6. The van der Waals surface area contributed by atoms with E-state index < -0.39 is 0 Å². The van der Waals surface area contributed by atoms with Crippen LogP contribution in [0.2, 0.25) is 0 Å². The fraction of sp³-hybridized carbons (Fsp3) is 0.318. The number of hydrogen-bond acceptors (Lipinski definition) is 5. The zero-order valence-corrected chi connectivity index (χ0v) is 16.8. The molecule has 3 heterocycles. The molecular formula is C22H24N4OS. The summed E-state index contributed by atoms with van der Waals surface area (Å²) in [7, 11) is 0. The van der Waals surface area contributed by atoms with Crippen molar-refractivity contribution in [2.24, 2.45) is 0 Å². The van der Waals surface area contributed by atoms with Gasteiger partial charge in [0.1, 0.15) is 0 Å². The molecule has 0 aliphatic carbocycles. The number of amides is 1. The lowest BCUT2D eigenvalue weighted by molar-refractivity contribution is -0.131. The topological polar surface area (TPSA) is 58.1 Å². The highest BCUT2D eigenvalue weighted by molar-refractivity contribution is 7.10. The van der Waals surface area contributed by atoms with Crippen molar-refractivity contribution in [3.8, 4) is 0 Å². The largest absolute Gasteiger partial charge is 0.342 e. The van der Waals surface area contributed by atoms with E-state index in [1.165, 1.54) is 0 Å². The summed E-state index contributed by atoms with van der Waals surface area (Å²) < 4.78 is 0. The Labute approximate surface area is 169 Å². The summed E-state index contributed by atoms with van der Waals surface area (Å²) in [4.78, 5) is 24.9. The van der Waals surface area contributed by atoms with Crippen LogP contribution in [-0.2, 0) is 11.2 Å². The molecule has 4 rings (SSSR count). The molecule has 1 aliphatic heterocycles. The maximum absolute atomic E-state index is 12.7. The van der Waals surface area contributed by atoms with Crippen molar-refractivity contribution in [2.45, 2.75) is 32.1 Å². The van der Waals surface area contributed by atoms with Crippen molar-refractivity contribution in [3.63, 3.8) is 0 Å². The van der Waals surface area contributed by atoms with Crippen LogP contribution in [-0.4, -0.2) is 33.9 Å². The van der Waals surface area contributed by atoms with Gasteiger partial charge in [0.25, 0.3) is 0 Å². The van der Waals surface area contributed by atoms with Crippen LogP contribution in [0.25, 0.3) is 0 Å². The SMILES string of the molecule is Cc1ccccc1Nc1nccc(C2CCCN(C(=O)Cc3cccs3)C2)n1. The normalized spacial score (nSPS) is 16.8. The van der Waals surface area contributed by atoms with Gasteiger partial charge in [0.2, 0.25) is 11.9 Å². The van der Waals surface area contributed by atoms with E-state index in [1.807, 2.05) is 46.7 Å². The molecule has 5 nitrogen and oxygen atoms in total. The number of piperidine rings is 1. The van der Waals surface area contributed by atoms with Crippen LogP contribution < -0.4 is 5.32 Å². The molecule has 0 saturated carbocycles. The standard InChI is InChI=1S/C22H24N4OS/c1-16-6-2-3-9-19(16)24-22-23-11-10-20(25-22)17-7-4-12-26(15-17)21(27)14-18-8-5-13-28-18/h2-3,5-6,8-11,13,17H,4,7,12,14-15H2,1H3,(H,23,24,25). The number of aryl methyl sites for hydroxylation is 1. The maximum Gasteiger partial charge on any atom is 0.227 e. The number of carbonyl (C=O) groups excluding carboxylic acids is 1. The van der Waals surface area contributed by atoms with Crippen LogP contribution >= 0.6 is 11.3 Å². The highest BCUT2D eigenvalue weighted by atomic mass is 32.1. The van der Waals surface area contributed by atoms with Crippen molar-refractivity contribution in [3.05, 3.63) is 70.2 Å². The quantitative estimate of drug-likeness (QED) is 0.693. The molecule has 144 valence electrons. The summed E-state index contributed by atoms with van der Waals surface area (Å²) in [5, 5.41) is 5.33. The van der Waals surface area contributed by atoms with E-state index in [-0.39, 0.29) is 11.8 Å². The minimum Gasteiger partial charge on any atom is -0.342 e. The van der Waals surface area contributed by atoms with Crippen LogP contribution in [0.3, 0.4) is 0 Å². The van der Waals surface area contributed by atoms with E-state index in [1.54, 1.807) is 17.5 Å². The second kappa shape index (κ2) is 8.52. The number of anilines is 2. The molecule has 2 aromatic heterocycles. The molecule has 1 aromatic carbocycles. The summed E-state index contributed by atoms with van der Waals surface area (Å²) in [6.45, 7) is 3.62. The first-order valence-electron chi connectivity index (χ1n) is 9.65. The van der Waals surface area contributed by atoms with Gasteiger partial charge in [-0.1, -0.05) is 24.3 Å². The highest BCUT2D eigenvalue weighted by Gasteiger charge is 2.26. The fourth-order valence-electron chi connectivity index (χ4n) is 3.61. The Balaban J connectivity index is 1.45. The van der Waals surface area contributed by atoms with Crippen LogP contribution in [0.4, 0.5) is 11.6 Å². The van der Waals surface area contributed by atoms with Crippen LogP contribution in [0, 0.1) is 6.92 Å². The van der Waals surface area contributed by atoms with Crippen molar-refractivity contribution in [1.29, 1.82) is 0 Å². The van der Waals surface area contributed by atoms with Gasteiger partial charge in [0.15, 0.2) is 0 Å². The smallest absolute Gasteiger partial charge is 0.227 e. The number of benzene rings is 1. The minimum absolute atomic E-state index is 0.208. The summed E-state index contributed by atoms with van der Waals surface area (Å²) in [5.74, 6) is 1.06. The van der Waals surface area contributed by atoms with Crippen molar-refractivity contribution < 1.29 is 4.79 Å². The van der Waals surface area contributed by atoms with Crippen molar-refractivity contribution in [1.82, 2.24) is 14.9 Å². The number of carbonyl (C=O) groups is 1. The van der Waals surface area contributed by atoms with Crippen LogP contribution in [0.1, 0.15) is 34.9 Å². The fourth-order valence-corrected chi connectivity index (χ4v) is 4.31. The summed E-state index contributed by atoms with van der Waals surface area (Å²) in [5.41, 5.74) is 3.16. The first-order valence-corrected chi connectivity index (χ1v) is 10.5. The molecule has 0 radical (unpaired) electrons. The zero-order valence-electron chi connectivity index (χ0n) is 16.0. The summed E-state index contributed by atoms with van der Waals surface area (Å²) >= 11 is 1.64. The van der Waals surface area contributed by atoms with E-state index in [0.717, 1.165) is 47.8 Å². The molecule has 1 N–H and O–H groups in total. The number of aromatic nitrogens is 2. The summed E-state index contributed by atoms with van der Waals surface area (Å²) in [6.07, 6.45) is 4.35. The zero-order chi connectivity index (χ0) is 19.3. The van der Waals surface area contributed by atoms with Gasteiger partial charge in [-0.3, -0.25) is 4.79 Å². The first-order chi connectivity index (χ1) is 13.7. The predicted octanol–water partition coefficient (Wildman–Crippen LogP) is 4.54. The minimum atomic E-state index is 0.208. The Bertz CT molecular complexity index is 941. The average Bonchev–Trinajstić information content (AvgIpc) is 3.23. The maximum atomic E-state index is 12.7. The van der Waals surface area contributed by atoms with Gasteiger partial charge in [0, 0.05) is 35.8 Å². The molecule has 28 heavy (non-hydrogen) atoms. The number of nitrogens with zero attached hydrogens (tertiary/aromatic N) is 3. The lowest BCUT2D eigenvalue weighted by Gasteiger charge is -2.32. The monoisotopic (exact) mass is 392 g/mol. The second-order valence-electron chi connectivity index (χ2n) is 7.18. The van der Waals surface area contributed by atoms with E-state index in [2.05, 4.69) is 23.3 Å². The summed E-state index contributed by atoms with van der Waals surface area (Å²) in [6, 6.07) is 14.1. The van der Waals surface area contributed by atoms with Gasteiger partial charge in [-0.25, -0.2) is 9.97 Å². The van der Waals surface area contributed by atoms with Gasteiger partial charge < -0.3 is 10.2 Å². The number of thiophene rings is 1. The number of rotatable bonds is 5. The Hall–Kier alpha value is -2.73. The highest BCUT2D eigenvalue weighted by Crippen LogP contribution is 2.27. The molecule has 1 aliphatic rings. The third-order valence-corrected chi connectivity index (χ3v) is 6.04. The van der Waals surface area contributed by atoms with Gasteiger partial charge in [-0.05, 0) is 48.9 Å². The van der Waals surface area contributed by atoms with Crippen LogP contribution in [0.5, 0.6) is 0 Å². The molecule has 1 unspecified atom stereocenters. The van der Waals surface area contributed by atoms with Crippen LogP contribution in [0.15, 0.2) is 54.0 Å². The predicted molar refractivity (Wildman–Crippen MR) is 113 cm³/mol. The third-order valence-electron chi connectivity index (χ3n) is 5.17. The lowest BCUT2D eigenvalue weighted by Crippen LogP contribution is -2.40. The average molecular weight is 393 g/mol. The number of hydrogen-bond donors (Lipinski definition) is 1. The van der Waals surface area contributed by atoms with E-state index >= 15 is 0 Å². The molecule has 1 fully saturated rings. The molecule has 6 heteroatoms. The molecule has 1 amide bonds. The van der Waals surface area contributed by atoms with E-state index in [4.69, 9.17) is 4.98 Å². The second-order valence-corrected chi connectivity index (χ2v) is 8.21. The van der Waals surface area contributed by atoms with Gasteiger partial charge in [-0.2, -0.15) is 0 Å². The molecule has 0 bridgehead atoms. The van der Waals surface area contributed by atoms with Crippen molar-refractivity contribution >= 4 is 28.9 Å². The van der Waals surface area contributed by atoms with E-state index in [0.29, 0.717) is 12.4 Å². The Morgan fingerprint density at radius 1 is 1.25 bits per heavy atom. The molecule has 3 aromatic rings. The lowest BCUT2D eigenvalue weighted by atomic mass is 9.94. The van der Waals surface area contributed by atoms with Gasteiger partial charge in [0.05, 0.1) is 12.1 Å². The Morgan fingerprint density at radius 2 is 2.14 bits per heavy atom. The Kier molecular flexibility index (Phi) is 5.67. The molecule has 1 saturated heterocycles. The van der Waals surface area contributed by atoms with Gasteiger partial charge >= 0.3 is 0 Å². The number of nitrogens with one attached hydrogen (secondary N) is 1. The number of para-hydroxylation sites is 1.